The topological polar surface area (TPSA) is 209 Å². The number of halogens is 2. The quantitative estimate of drug-likeness (QED) is 0.189. The summed E-state index contributed by atoms with van der Waals surface area (Å²) in [6, 6.07) is 1.54. The monoisotopic (exact) mass is 466 g/mol. The zero-order valence-corrected chi connectivity index (χ0v) is 16.4. The van der Waals surface area contributed by atoms with E-state index in [2.05, 4.69) is 9.97 Å². The minimum absolute atomic E-state index is 0.000686. The van der Waals surface area contributed by atoms with Crippen molar-refractivity contribution in [2.45, 2.75) is 55.1 Å². The Balaban J connectivity index is 1.83. The van der Waals surface area contributed by atoms with Gasteiger partial charge in [-0.05, 0) is 0 Å². The number of fused-ring (bicyclic) bond motifs is 1. The number of hydrogen-bond donors (Lipinski definition) is 9. The van der Waals surface area contributed by atoms with Gasteiger partial charge in [0, 0.05) is 12.1 Å². The van der Waals surface area contributed by atoms with Gasteiger partial charge in [0.1, 0.15) is 54.7 Å². The van der Waals surface area contributed by atoms with Crippen molar-refractivity contribution in [2.24, 2.45) is 0 Å². The third-order valence-electron chi connectivity index (χ3n) is 5.19. The lowest BCUT2D eigenvalue weighted by atomic mass is 9.98. The number of H-pyrrole nitrogens is 1. The molecule has 1 aromatic heterocycles. The summed E-state index contributed by atoms with van der Waals surface area (Å²) in [7, 11) is 0. The number of nitrogens with zero attached hydrogens (tertiary/aromatic N) is 1. The molecule has 32 heavy (non-hydrogen) atoms. The van der Waals surface area contributed by atoms with Crippen LogP contribution in [0.3, 0.4) is 0 Å². The van der Waals surface area contributed by atoms with Gasteiger partial charge in [-0.25, -0.2) is 13.8 Å². The van der Waals surface area contributed by atoms with E-state index in [0.717, 1.165) is 12.1 Å². The summed E-state index contributed by atoms with van der Waals surface area (Å²) in [5.41, 5.74) is -0.0708. The van der Waals surface area contributed by atoms with Gasteiger partial charge in [0.2, 0.25) is 0 Å². The van der Waals surface area contributed by atoms with Crippen LogP contribution in [0.25, 0.3) is 11.0 Å². The Morgan fingerprint density at radius 2 is 1.69 bits per heavy atom. The molecule has 3 rings (SSSR count). The molecule has 180 valence electrons. The number of rotatable bonds is 8. The summed E-state index contributed by atoms with van der Waals surface area (Å²) in [5.74, 6) is -2.72. The highest BCUT2D eigenvalue weighted by Crippen LogP contribution is 2.28. The fourth-order valence-corrected chi connectivity index (χ4v) is 3.34. The average Bonchev–Trinajstić information content (AvgIpc) is 3.18. The summed E-state index contributed by atoms with van der Waals surface area (Å²) in [4.78, 5) is 6.34. The van der Waals surface area contributed by atoms with E-state index in [0.29, 0.717) is 0 Å². The smallest absolute Gasteiger partial charge is 0.187 e. The third-order valence-corrected chi connectivity index (χ3v) is 5.19. The maximum Gasteiger partial charge on any atom is 0.187 e. The van der Waals surface area contributed by atoms with Crippen LogP contribution in [0, 0.1) is 11.6 Å². The Morgan fingerprint density at radius 1 is 1.03 bits per heavy atom. The summed E-state index contributed by atoms with van der Waals surface area (Å²) in [5, 5.41) is 79.5. The minimum atomic E-state index is -2.04. The molecule has 9 N–H and O–H groups in total. The molecular formula is C18H24F2N2O10. The number of benzene rings is 1. The fourth-order valence-electron chi connectivity index (χ4n) is 3.34. The van der Waals surface area contributed by atoms with Crippen LogP contribution in [0.15, 0.2) is 12.1 Å². The summed E-state index contributed by atoms with van der Waals surface area (Å²) in [6.45, 7) is -1.74. The zero-order valence-electron chi connectivity index (χ0n) is 16.4. The van der Waals surface area contributed by atoms with Gasteiger partial charge in [-0.2, -0.15) is 0 Å². The van der Waals surface area contributed by atoms with E-state index >= 15 is 0 Å². The highest BCUT2D eigenvalue weighted by Gasteiger charge is 2.47. The number of hydrogen-bond acceptors (Lipinski definition) is 11. The molecule has 9 atom stereocenters. The lowest BCUT2D eigenvalue weighted by molar-refractivity contribution is -0.327. The minimum Gasteiger partial charge on any atom is -0.394 e. The summed E-state index contributed by atoms with van der Waals surface area (Å²) in [6.07, 6.45) is -16.2. The molecule has 1 saturated heterocycles. The molecular weight excluding hydrogens is 442 g/mol. The van der Waals surface area contributed by atoms with Gasteiger partial charge in [-0.1, -0.05) is 0 Å². The Morgan fingerprint density at radius 3 is 2.31 bits per heavy atom. The van der Waals surface area contributed by atoms with E-state index in [-0.39, 0.29) is 16.9 Å². The number of ether oxygens (including phenoxy) is 2. The highest BCUT2D eigenvalue weighted by atomic mass is 19.2. The molecule has 1 fully saturated rings. The molecule has 1 aliphatic heterocycles. The Bertz CT molecular complexity index is 876. The molecule has 0 bridgehead atoms. The van der Waals surface area contributed by atoms with Crippen molar-refractivity contribution < 1.29 is 59.1 Å². The molecule has 2 heterocycles. The van der Waals surface area contributed by atoms with Crippen molar-refractivity contribution in [1.82, 2.24) is 9.97 Å². The maximum atomic E-state index is 13.4. The molecule has 0 spiro atoms. The van der Waals surface area contributed by atoms with E-state index in [9.17, 15) is 49.6 Å². The summed E-state index contributed by atoms with van der Waals surface area (Å²) < 4.78 is 37.2. The van der Waals surface area contributed by atoms with Crippen molar-refractivity contribution in [3.05, 3.63) is 29.6 Å². The largest absolute Gasteiger partial charge is 0.394 e. The molecule has 0 aliphatic carbocycles. The molecule has 2 aromatic rings. The Hall–Kier alpha value is -1.85. The van der Waals surface area contributed by atoms with Crippen molar-refractivity contribution >= 4 is 11.0 Å². The van der Waals surface area contributed by atoms with Gasteiger partial charge < -0.3 is 55.3 Å². The van der Waals surface area contributed by atoms with Gasteiger partial charge in [-0.3, -0.25) is 0 Å². The van der Waals surface area contributed by atoms with Crippen LogP contribution in [0.1, 0.15) is 11.9 Å². The van der Waals surface area contributed by atoms with Crippen molar-refractivity contribution in [3.8, 4) is 0 Å². The second-order valence-electron chi connectivity index (χ2n) is 7.39. The SMILES string of the molecule is OCC1O[C@H](O[C@H](C(O)CO)[C@H](O)C(O)c2nc3cc(F)c(F)cc3[nH]2)C(O)[C@@H](O)[C@@H]1O. The lowest BCUT2D eigenvalue weighted by Gasteiger charge is -2.42. The molecule has 12 nitrogen and oxygen atoms in total. The van der Waals surface area contributed by atoms with Crippen LogP contribution in [0.2, 0.25) is 0 Å². The number of aromatic amines is 1. The standard InChI is InChI=1S/C18H24F2N2O10/c19-5-1-7-8(2-6(5)20)22-17(21-7)14(29)13(28)16(9(25)3-23)32-18-15(30)12(27)11(26)10(4-24)31-18/h1-2,9-16,18,23-30H,3-4H2,(H,21,22)/t9?,10?,11-,12+,13-,14?,15?,16-,18-/m1/s1. The third kappa shape index (κ3) is 4.74. The lowest BCUT2D eigenvalue weighted by Crippen LogP contribution is -2.61. The van der Waals surface area contributed by atoms with Gasteiger partial charge >= 0.3 is 0 Å². The predicted octanol–water partition coefficient (Wildman–Crippen LogP) is -3.23. The van der Waals surface area contributed by atoms with Crippen molar-refractivity contribution in [3.63, 3.8) is 0 Å². The maximum absolute atomic E-state index is 13.4. The first-order chi connectivity index (χ1) is 15.1. The van der Waals surface area contributed by atoms with Crippen LogP contribution in [0.5, 0.6) is 0 Å². The van der Waals surface area contributed by atoms with Crippen molar-refractivity contribution in [1.29, 1.82) is 0 Å². The first kappa shape index (κ1) is 24.8. The molecule has 14 heteroatoms. The molecule has 4 unspecified atom stereocenters. The number of nitrogens with one attached hydrogen (secondary N) is 1. The van der Waals surface area contributed by atoms with Crippen LogP contribution in [0.4, 0.5) is 8.78 Å². The number of aromatic nitrogens is 2. The number of aliphatic hydroxyl groups excluding tert-OH is 8. The molecule has 0 saturated carbocycles. The van der Waals surface area contributed by atoms with Gasteiger partial charge in [0.05, 0.1) is 24.2 Å². The van der Waals surface area contributed by atoms with Gasteiger partial charge in [0.25, 0.3) is 0 Å². The van der Waals surface area contributed by atoms with Crippen LogP contribution in [-0.2, 0) is 9.47 Å². The second kappa shape index (κ2) is 9.96. The average molecular weight is 466 g/mol. The Kier molecular flexibility index (Phi) is 7.72. The van der Waals surface area contributed by atoms with E-state index in [1.165, 1.54) is 0 Å². The first-order valence-electron chi connectivity index (χ1n) is 9.54. The Labute approximate surface area is 178 Å². The van der Waals surface area contributed by atoms with E-state index < -0.39 is 80.0 Å². The van der Waals surface area contributed by atoms with Crippen molar-refractivity contribution in [2.75, 3.05) is 13.2 Å². The van der Waals surface area contributed by atoms with Gasteiger partial charge in [0.15, 0.2) is 17.9 Å². The fraction of sp³-hybridized carbons (Fsp3) is 0.611. The zero-order chi connectivity index (χ0) is 23.7. The van der Waals surface area contributed by atoms with E-state index in [1.807, 2.05) is 0 Å². The van der Waals surface area contributed by atoms with E-state index in [1.54, 1.807) is 0 Å². The molecule has 0 radical (unpaired) electrons. The molecule has 0 amide bonds. The highest BCUT2D eigenvalue weighted by molar-refractivity contribution is 5.75. The van der Waals surface area contributed by atoms with Gasteiger partial charge in [-0.15, -0.1) is 0 Å². The van der Waals surface area contributed by atoms with Crippen LogP contribution < -0.4 is 0 Å². The molecule has 1 aromatic carbocycles. The molecule has 1 aliphatic rings. The normalized spacial score (nSPS) is 30.2. The van der Waals surface area contributed by atoms with E-state index in [4.69, 9.17) is 9.47 Å². The van der Waals surface area contributed by atoms with Crippen LogP contribution in [-0.4, -0.2) is 113 Å². The predicted molar refractivity (Wildman–Crippen MR) is 98.7 cm³/mol. The summed E-state index contributed by atoms with van der Waals surface area (Å²) >= 11 is 0. The number of imidazole rings is 1. The van der Waals surface area contributed by atoms with Crippen LogP contribution >= 0.6 is 0 Å². The second-order valence-corrected chi connectivity index (χ2v) is 7.39. The number of aliphatic hydroxyl groups is 8. The first-order valence-corrected chi connectivity index (χ1v) is 9.54.